The summed E-state index contributed by atoms with van der Waals surface area (Å²) in [6, 6.07) is 0. The van der Waals surface area contributed by atoms with Crippen molar-refractivity contribution < 1.29 is 28.6 Å². The third kappa shape index (κ3) is 43.6. The Balaban J connectivity index is 4.42. The van der Waals surface area contributed by atoms with Crippen molar-refractivity contribution in [3.8, 4) is 0 Å². The van der Waals surface area contributed by atoms with Gasteiger partial charge in [-0.1, -0.05) is 164 Å². The Kier molecular flexibility index (Phi) is 42.6. The molecule has 6 nitrogen and oxygen atoms in total. The number of hydrogen-bond acceptors (Lipinski definition) is 6. The third-order valence-corrected chi connectivity index (χ3v) is 9.35. The molecule has 1 atom stereocenters. The van der Waals surface area contributed by atoms with E-state index in [0.717, 1.165) is 135 Å². The summed E-state index contributed by atoms with van der Waals surface area (Å²) >= 11 is 0. The quantitative estimate of drug-likeness (QED) is 0.0266. The van der Waals surface area contributed by atoms with E-state index in [1.165, 1.54) is 25.7 Å². The Morgan fingerprint density at radius 3 is 1.09 bits per heavy atom. The highest BCUT2D eigenvalue weighted by molar-refractivity contribution is 5.71. The van der Waals surface area contributed by atoms with Gasteiger partial charge in [-0.3, -0.25) is 14.4 Å². The van der Waals surface area contributed by atoms with Crippen LogP contribution in [0, 0.1) is 0 Å². The van der Waals surface area contributed by atoms with Crippen molar-refractivity contribution in [2.45, 2.75) is 207 Å². The van der Waals surface area contributed by atoms with Crippen LogP contribution in [-0.2, 0) is 28.6 Å². The zero-order valence-electron chi connectivity index (χ0n) is 36.8. The number of hydrogen-bond donors (Lipinski definition) is 0. The van der Waals surface area contributed by atoms with Gasteiger partial charge in [0.15, 0.2) is 6.10 Å². The SMILES string of the molecule is CC/C=C\C/C=C\C/C=C\C/C=C\C/C=C\CCCCCC(=O)OCC(COC(=O)CCCCCC/C=C\CCCC)OC(=O)CCCCCC/C=C\CCCC. The molecule has 0 aliphatic heterocycles. The topological polar surface area (TPSA) is 78.9 Å². The second-order valence-electron chi connectivity index (χ2n) is 14.9. The van der Waals surface area contributed by atoms with Gasteiger partial charge in [-0.2, -0.15) is 0 Å². The van der Waals surface area contributed by atoms with Crippen molar-refractivity contribution in [2.24, 2.45) is 0 Å². The lowest BCUT2D eigenvalue weighted by atomic mass is 10.1. The summed E-state index contributed by atoms with van der Waals surface area (Å²) in [5.41, 5.74) is 0. The third-order valence-electron chi connectivity index (χ3n) is 9.35. The summed E-state index contributed by atoms with van der Waals surface area (Å²) in [6.07, 6.45) is 57.1. The van der Waals surface area contributed by atoms with E-state index in [9.17, 15) is 14.4 Å². The van der Waals surface area contributed by atoms with E-state index in [1.54, 1.807) is 0 Å². The number of carbonyl (C=O) groups excluding carboxylic acids is 3. The number of rotatable bonds is 40. The first kappa shape index (κ1) is 53.6. The van der Waals surface area contributed by atoms with Crippen LogP contribution in [0.3, 0.4) is 0 Å². The summed E-state index contributed by atoms with van der Waals surface area (Å²) < 4.78 is 16.6. The average Bonchev–Trinajstić information content (AvgIpc) is 3.21. The standard InChI is InChI=1S/C51H84O6/c1-4-7-10-13-16-19-22-23-24-25-26-27-28-29-30-33-35-38-41-44-50(53)56-47-48(57-51(54)45-42-39-36-32-21-18-15-12-9-6-3)46-55-49(52)43-40-37-34-31-20-17-14-11-8-5-2/h7,10,14-19,23-24,26-27,29-30,48H,4-6,8-9,11-13,20-22,25,28,31-47H2,1-3H3/b10-7-,17-14-,18-15-,19-16-,24-23-,27-26-,30-29-. The van der Waals surface area contributed by atoms with E-state index in [-0.39, 0.29) is 31.1 Å². The van der Waals surface area contributed by atoms with Crippen LogP contribution in [0.15, 0.2) is 85.1 Å². The first-order valence-electron chi connectivity index (χ1n) is 23.1. The molecule has 0 aliphatic carbocycles. The van der Waals surface area contributed by atoms with Gasteiger partial charge in [-0.25, -0.2) is 0 Å². The molecule has 324 valence electrons. The summed E-state index contributed by atoms with van der Waals surface area (Å²) in [6.45, 7) is 6.36. The highest BCUT2D eigenvalue weighted by atomic mass is 16.6. The van der Waals surface area contributed by atoms with Crippen LogP contribution in [0.1, 0.15) is 201 Å². The van der Waals surface area contributed by atoms with Gasteiger partial charge in [0.2, 0.25) is 0 Å². The lowest BCUT2D eigenvalue weighted by Crippen LogP contribution is -2.30. The maximum Gasteiger partial charge on any atom is 0.306 e. The largest absolute Gasteiger partial charge is 0.462 e. The smallest absolute Gasteiger partial charge is 0.306 e. The first-order valence-corrected chi connectivity index (χ1v) is 23.1. The molecule has 0 saturated heterocycles. The fourth-order valence-electron chi connectivity index (χ4n) is 5.84. The zero-order chi connectivity index (χ0) is 41.5. The summed E-state index contributed by atoms with van der Waals surface area (Å²) in [5.74, 6) is -0.968. The Morgan fingerprint density at radius 2 is 0.684 bits per heavy atom. The highest BCUT2D eigenvalue weighted by Crippen LogP contribution is 2.12. The fourth-order valence-corrected chi connectivity index (χ4v) is 5.84. The molecule has 0 rings (SSSR count). The predicted molar refractivity (Wildman–Crippen MR) is 242 cm³/mol. The molecule has 6 heteroatoms. The molecule has 0 aromatic carbocycles. The minimum Gasteiger partial charge on any atom is -0.462 e. The lowest BCUT2D eigenvalue weighted by Gasteiger charge is -2.18. The molecular weight excluding hydrogens is 709 g/mol. The molecular formula is C51H84O6. The van der Waals surface area contributed by atoms with Gasteiger partial charge in [0, 0.05) is 19.3 Å². The number of ether oxygens (including phenoxy) is 3. The fraction of sp³-hybridized carbons (Fsp3) is 0.667. The molecule has 0 spiro atoms. The second kappa shape index (κ2) is 45.3. The van der Waals surface area contributed by atoms with E-state index in [1.807, 2.05) is 0 Å². The van der Waals surface area contributed by atoms with Crippen LogP contribution < -0.4 is 0 Å². The van der Waals surface area contributed by atoms with Crippen LogP contribution in [0.4, 0.5) is 0 Å². The minimum atomic E-state index is -0.798. The van der Waals surface area contributed by atoms with Crippen LogP contribution in [0.2, 0.25) is 0 Å². The molecule has 0 saturated carbocycles. The summed E-state index contributed by atoms with van der Waals surface area (Å²) in [5, 5.41) is 0. The summed E-state index contributed by atoms with van der Waals surface area (Å²) in [7, 11) is 0. The molecule has 0 N–H and O–H groups in total. The Morgan fingerprint density at radius 1 is 0.368 bits per heavy atom. The number of unbranched alkanes of at least 4 members (excludes halogenated alkanes) is 15. The van der Waals surface area contributed by atoms with Gasteiger partial charge in [0.1, 0.15) is 13.2 Å². The molecule has 0 aromatic heterocycles. The van der Waals surface area contributed by atoms with Crippen molar-refractivity contribution in [3.05, 3.63) is 85.1 Å². The van der Waals surface area contributed by atoms with Crippen molar-refractivity contribution >= 4 is 17.9 Å². The van der Waals surface area contributed by atoms with E-state index >= 15 is 0 Å². The van der Waals surface area contributed by atoms with Gasteiger partial charge in [0.25, 0.3) is 0 Å². The molecule has 0 aliphatic rings. The predicted octanol–water partition coefficient (Wildman–Crippen LogP) is 14.9. The van der Waals surface area contributed by atoms with E-state index in [0.29, 0.717) is 19.3 Å². The van der Waals surface area contributed by atoms with Gasteiger partial charge in [-0.15, -0.1) is 0 Å². The molecule has 0 amide bonds. The molecule has 0 aromatic rings. The molecule has 0 heterocycles. The van der Waals surface area contributed by atoms with Crippen LogP contribution in [0.25, 0.3) is 0 Å². The van der Waals surface area contributed by atoms with Crippen molar-refractivity contribution in [2.75, 3.05) is 13.2 Å². The Hall–Kier alpha value is -3.41. The van der Waals surface area contributed by atoms with Crippen LogP contribution >= 0.6 is 0 Å². The molecule has 57 heavy (non-hydrogen) atoms. The van der Waals surface area contributed by atoms with Gasteiger partial charge < -0.3 is 14.2 Å². The Labute approximate surface area is 350 Å². The number of allylic oxidation sites excluding steroid dienone is 14. The number of carbonyl (C=O) groups is 3. The molecule has 0 fully saturated rings. The monoisotopic (exact) mass is 793 g/mol. The average molecular weight is 793 g/mol. The van der Waals surface area contributed by atoms with Gasteiger partial charge >= 0.3 is 17.9 Å². The van der Waals surface area contributed by atoms with Crippen molar-refractivity contribution in [1.82, 2.24) is 0 Å². The van der Waals surface area contributed by atoms with Crippen LogP contribution in [0.5, 0.6) is 0 Å². The normalized spacial score (nSPS) is 12.8. The number of esters is 3. The Bertz CT molecular complexity index is 1140. The molecule has 1 unspecified atom stereocenters. The first-order chi connectivity index (χ1) is 28.0. The molecule has 0 bridgehead atoms. The highest BCUT2D eigenvalue weighted by Gasteiger charge is 2.19. The van der Waals surface area contributed by atoms with E-state index in [2.05, 4.69) is 106 Å². The van der Waals surface area contributed by atoms with E-state index in [4.69, 9.17) is 14.2 Å². The lowest BCUT2D eigenvalue weighted by molar-refractivity contribution is -0.167. The maximum absolute atomic E-state index is 12.7. The van der Waals surface area contributed by atoms with Crippen LogP contribution in [-0.4, -0.2) is 37.2 Å². The van der Waals surface area contributed by atoms with Gasteiger partial charge in [-0.05, 0) is 103 Å². The maximum atomic E-state index is 12.7. The second-order valence-corrected chi connectivity index (χ2v) is 14.9. The zero-order valence-corrected chi connectivity index (χ0v) is 36.8. The van der Waals surface area contributed by atoms with E-state index < -0.39 is 6.10 Å². The minimum absolute atomic E-state index is 0.0992. The van der Waals surface area contributed by atoms with Crippen molar-refractivity contribution in [3.63, 3.8) is 0 Å². The molecule has 0 radical (unpaired) electrons. The van der Waals surface area contributed by atoms with Gasteiger partial charge in [0.05, 0.1) is 0 Å². The summed E-state index contributed by atoms with van der Waals surface area (Å²) in [4.78, 5) is 37.7. The van der Waals surface area contributed by atoms with Crippen molar-refractivity contribution in [1.29, 1.82) is 0 Å².